The van der Waals surface area contributed by atoms with E-state index >= 15 is 0 Å². The van der Waals surface area contributed by atoms with Crippen LogP contribution in [0.2, 0.25) is 0 Å². The van der Waals surface area contributed by atoms with Crippen molar-refractivity contribution in [3.63, 3.8) is 0 Å². The first-order valence-corrected chi connectivity index (χ1v) is 5.87. The zero-order valence-corrected chi connectivity index (χ0v) is 11.0. The summed E-state index contributed by atoms with van der Waals surface area (Å²) in [6.45, 7) is 2.56. The van der Waals surface area contributed by atoms with Gasteiger partial charge in [-0.3, -0.25) is 4.79 Å². The van der Waals surface area contributed by atoms with Crippen LogP contribution in [-0.4, -0.2) is 25.0 Å². The number of nitrogens with two attached hydrogens (primary N) is 1. The van der Waals surface area contributed by atoms with Crippen LogP contribution in [0.25, 0.3) is 0 Å². The molecule has 0 aliphatic heterocycles. The number of amides is 3. The first-order valence-electron chi connectivity index (χ1n) is 5.08. The van der Waals surface area contributed by atoms with Gasteiger partial charge in [-0.25, -0.2) is 4.79 Å². The van der Waals surface area contributed by atoms with Crippen molar-refractivity contribution < 1.29 is 9.59 Å². The summed E-state index contributed by atoms with van der Waals surface area (Å²) in [5, 5.41) is 5.07. The number of benzene rings is 1. The van der Waals surface area contributed by atoms with Gasteiger partial charge in [-0.1, -0.05) is 11.6 Å². The average molecular weight is 300 g/mol. The third-order valence-corrected chi connectivity index (χ3v) is 2.77. The number of urea groups is 1. The summed E-state index contributed by atoms with van der Waals surface area (Å²) in [4.78, 5) is 22.2. The van der Waals surface area contributed by atoms with Crippen LogP contribution in [0.1, 0.15) is 15.9 Å². The van der Waals surface area contributed by atoms with Crippen LogP contribution in [0.5, 0.6) is 0 Å². The topological polar surface area (TPSA) is 84.2 Å². The molecule has 0 bridgehead atoms. The summed E-state index contributed by atoms with van der Waals surface area (Å²) in [5.74, 6) is -0.188. The van der Waals surface area contributed by atoms with Gasteiger partial charge in [0, 0.05) is 17.6 Å². The van der Waals surface area contributed by atoms with E-state index in [9.17, 15) is 9.59 Å². The molecule has 5 nitrogen and oxygen atoms in total. The van der Waals surface area contributed by atoms with Crippen molar-refractivity contribution in [1.82, 2.24) is 10.6 Å². The van der Waals surface area contributed by atoms with Gasteiger partial charge >= 0.3 is 6.03 Å². The highest BCUT2D eigenvalue weighted by molar-refractivity contribution is 9.10. The summed E-state index contributed by atoms with van der Waals surface area (Å²) in [7, 11) is 0. The van der Waals surface area contributed by atoms with E-state index in [0.29, 0.717) is 18.7 Å². The fourth-order valence-corrected chi connectivity index (χ4v) is 1.70. The number of hydrogen-bond acceptors (Lipinski definition) is 2. The molecule has 0 unspecified atom stereocenters. The summed E-state index contributed by atoms with van der Waals surface area (Å²) in [6, 6.07) is 4.93. The molecule has 17 heavy (non-hydrogen) atoms. The van der Waals surface area contributed by atoms with Crippen molar-refractivity contribution >= 4 is 27.9 Å². The van der Waals surface area contributed by atoms with E-state index in [1.165, 1.54) is 0 Å². The number of aryl methyl sites for hydroxylation is 1. The Balaban J connectivity index is 2.52. The molecule has 0 spiro atoms. The van der Waals surface area contributed by atoms with E-state index in [-0.39, 0.29) is 5.91 Å². The Morgan fingerprint density at radius 2 is 1.94 bits per heavy atom. The van der Waals surface area contributed by atoms with Gasteiger partial charge in [-0.15, -0.1) is 0 Å². The number of nitrogens with one attached hydrogen (secondary N) is 2. The van der Waals surface area contributed by atoms with Gasteiger partial charge in [-0.05, 0) is 35.0 Å². The molecule has 6 heteroatoms. The van der Waals surface area contributed by atoms with Gasteiger partial charge in [0.05, 0.1) is 5.56 Å². The zero-order chi connectivity index (χ0) is 12.8. The second kappa shape index (κ2) is 6.24. The molecule has 1 aromatic rings. The Morgan fingerprint density at radius 3 is 2.59 bits per heavy atom. The van der Waals surface area contributed by atoms with E-state index in [2.05, 4.69) is 26.6 Å². The average Bonchev–Trinajstić information content (AvgIpc) is 2.27. The van der Waals surface area contributed by atoms with Crippen LogP contribution in [0.15, 0.2) is 22.7 Å². The molecule has 0 atom stereocenters. The van der Waals surface area contributed by atoms with Gasteiger partial charge in [0.1, 0.15) is 0 Å². The number of carbonyl (C=O) groups excluding carboxylic acids is 2. The largest absolute Gasteiger partial charge is 0.352 e. The summed E-state index contributed by atoms with van der Waals surface area (Å²) in [5.41, 5.74) is 6.48. The molecular formula is C11H14BrN3O2. The number of carbonyl (C=O) groups is 2. The summed E-state index contributed by atoms with van der Waals surface area (Å²) < 4.78 is 0.739. The Hall–Kier alpha value is -1.56. The SMILES string of the molecule is Cc1ccc(Br)c(C(=O)NCCNC(N)=O)c1. The fraction of sp³-hybridized carbons (Fsp3) is 0.273. The highest BCUT2D eigenvalue weighted by Gasteiger charge is 2.09. The Kier molecular flexibility index (Phi) is 4.96. The summed E-state index contributed by atoms with van der Waals surface area (Å²) in [6.07, 6.45) is 0. The van der Waals surface area contributed by atoms with Crippen LogP contribution in [0, 0.1) is 6.92 Å². The molecule has 1 rings (SSSR count). The minimum absolute atomic E-state index is 0.188. The lowest BCUT2D eigenvalue weighted by Crippen LogP contribution is -2.37. The summed E-state index contributed by atoms with van der Waals surface area (Å²) >= 11 is 3.31. The molecule has 0 aliphatic carbocycles. The van der Waals surface area contributed by atoms with Gasteiger partial charge in [-0.2, -0.15) is 0 Å². The predicted octanol–water partition coefficient (Wildman–Crippen LogP) is 1.16. The maximum Gasteiger partial charge on any atom is 0.312 e. The molecule has 1 aromatic carbocycles. The molecule has 0 fully saturated rings. The lowest BCUT2D eigenvalue weighted by atomic mass is 10.1. The van der Waals surface area contributed by atoms with Crippen molar-refractivity contribution in [1.29, 1.82) is 0 Å². The molecule has 92 valence electrons. The fourth-order valence-electron chi connectivity index (χ4n) is 1.27. The van der Waals surface area contributed by atoms with Crippen LogP contribution < -0.4 is 16.4 Å². The lowest BCUT2D eigenvalue weighted by molar-refractivity contribution is 0.0953. The van der Waals surface area contributed by atoms with Crippen LogP contribution in [0.3, 0.4) is 0 Å². The second-order valence-electron chi connectivity index (χ2n) is 3.53. The maximum atomic E-state index is 11.8. The molecule has 0 aliphatic rings. The smallest absolute Gasteiger partial charge is 0.312 e. The van der Waals surface area contributed by atoms with Crippen molar-refractivity contribution in [2.45, 2.75) is 6.92 Å². The van der Waals surface area contributed by atoms with Crippen LogP contribution >= 0.6 is 15.9 Å². The quantitative estimate of drug-likeness (QED) is 0.729. The van der Waals surface area contributed by atoms with Gasteiger partial charge in [0.15, 0.2) is 0 Å². The van der Waals surface area contributed by atoms with Crippen molar-refractivity contribution in [2.24, 2.45) is 5.73 Å². The molecule has 0 saturated carbocycles. The van der Waals surface area contributed by atoms with E-state index in [4.69, 9.17) is 5.73 Å². The van der Waals surface area contributed by atoms with Gasteiger partial charge < -0.3 is 16.4 Å². The normalized spacial score (nSPS) is 9.76. The van der Waals surface area contributed by atoms with E-state index in [0.717, 1.165) is 10.0 Å². The van der Waals surface area contributed by atoms with E-state index in [1.54, 1.807) is 6.07 Å². The van der Waals surface area contributed by atoms with Crippen molar-refractivity contribution in [2.75, 3.05) is 13.1 Å². The van der Waals surface area contributed by atoms with Crippen LogP contribution in [-0.2, 0) is 0 Å². The predicted molar refractivity (Wildman–Crippen MR) is 68.8 cm³/mol. The molecule has 0 aromatic heterocycles. The Labute approximate surface area is 108 Å². The molecule has 0 radical (unpaired) electrons. The minimum atomic E-state index is -0.601. The number of primary amides is 1. The van der Waals surface area contributed by atoms with E-state index < -0.39 is 6.03 Å². The molecule has 0 heterocycles. The Bertz CT molecular complexity index is 435. The Morgan fingerprint density at radius 1 is 1.29 bits per heavy atom. The first-order chi connectivity index (χ1) is 8.00. The minimum Gasteiger partial charge on any atom is -0.352 e. The zero-order valence-electron chi connectivity index (χ0n) is 9.42. The van der Waals surface area contributed by atoms with Gasteiger partial charge in [0.2, 0.25) is 0 Å². The third kappa shape index (κ3) is 4.44. The number of hydrogen-bond donors (Lipinski definition) is 3. The number of halogens is 1. The third-order valence-electron chi connectivity index (χ3n) is 2.08. The maximum absolute atomic E-state index is 11.8. The molecule has 4 N–H and O–H groups in total. The highest BCUT2D eigenvalue weighted by Crippen LogP contribution is 2.17. The highest BCUT2D eigenvalue weighted by atomic mass is 79.9. The standard InChI is InChI=1S/C11H14BrN3O2/c1-7-2-3-9(12)8(6-7)10(16)14-4-5-15-11(13)17/h2-3,6H,4-5H2,1H3,(H,14,16)(H3,13,15,17). The van der Waals surface area contributed by atoms with Crippen molar-refractivity contribution in [3.05, 3.63) is 33.8 Å². The molecule has 3 amide bonds. The monoisotopic (exact) mass is 299 g/mol. The first kappa shape index (κ1) is 13.5. The van der Waals surface area contributed by atoms with Gasteiger partial charge in [0.25, 0.3) is 5.91 Å². The second-order valence-corrected chi connectivity index (χ2v) is 4.38. The molecular weight excluding hydrogens is 286 g/mol. The lowest BCUT2D eigenvalue weighted by Gasteiger charge is -2.07. The molecule has 0 saturated heterocycles. The van der Waals surface area contributed by atoms with Crippen LogP contribution in [0.4, 0.5) is 4.79 Å². The van der Waals surface area contributed by atoms with E-state index in [1.807, 2.05) is 19.1 Å². The van der Waals surface area contributed by atoms with Crippen molar-refractivity contribution in [3.8, 4) is 0 Å². The number of rotatable bonds is 4.